The first-order valence-electron chi connectivity index (χ1n) is 12.8. The largest absolute Gasteiger partial charge is 0.507 e. The Morgan fingerprint density at radius 2 is 1.85 bits per heavy atom. The zero-order valence-electron chi connectivity index (χ0n) is 21.5. The van der Waals surface area contributed by atoms with Gasteiger partial charge in [0.05, 0.1) is 52.9 Å². The molecule has 11 heteroatoms. The van der Waals surface area contributed by atoms with Gasteiger partial charge in [-0.05, 0) is 31.0 Å². The summed E-state index contributed by atoms with van der Waals surface area (Å²) in [4.78, 5) is 41.3. The molecule has 2 aliphatic rings. The first-order valence-corrected chi connectivity index (χ1v) is 12.8. The van der Waals surface area contributed by atoms with E-state index in [2.05, 4.69) is 10.00 Å². The quantitative estimate of drug-likeness (QED) is 0.154. The van der Waals surface area contributed by atoms with E-state index in [1.165, 1.54) is 29.3 Å². The number of likely N-dealkylation sites (tertiary alicyclic amines) is 1. The standard InChI is InChI=1S/C28H29N5O6/c1-19-23(18-29-32(19)21-8-3-2-4-9-21)26(34)24-25(20-7-5-10-22(17-20)33(37)38)31(28(36)27(24)35)12-6-11-30-13-15-39-16-14-30/h2-5,7-10,17-18,25,34H,6,11-16H2,1H3/t25-/m0/s1. The van der Waals surface area contributed by atoms with Crippen LogP contribution in [0.15, 0.2) is 66.4 Å². The molecule has 2 aliphatic heterocycles. The highest BCUT2D eigenvalue weighted by Crippen LogP contribution is 2.40. The number of para-hydroxylation sites is 1. The highest BCUT2D eigenvalue weighted by atomic mass is 16.6. The van der Waals surface area contributed by atoms with Crippen molar-refractivity contribution in [2.45, 2.75) is 19.4 Å². The molecule has 0 aliphatic carbocycles. The SMILES string of the molecule is Cc1c(C(O)=C2C(=O)C(=O)N(CCCN3CCOCC3)[C@H]2c2cccc([N+](=O)[O-])c2)cnn1-c1ccccc1. The van der Waals surface area contributed by atoms with Gasteiger partial charge in [0.15, 0.2) is 0 Å². The van der Waals surface area contributed by atoms with Gasteiger partial charge in [-0.1, -0.05) is 30.3 Å². The number of Topliss-reactive ketones (excluding diaryl/α,β-unsaturated/α-hetero) is 1. The smallest absolute Gasteiger partial charge is 0.295 e. The molecule has 3 aromatic rings. The van der Waals surface area contributed by atoms with Crippen molar-refractivity contribution >= 4 is 23.1 Å². The van der Waals surface area contributed by atoms with E-state index in [0.717, 1.165) is 18.8 Å². The Kier molecular flexibility index (Phi) is 7.53. The molecule has 39 heavy (non-hydrogen) atoms. The monoisotopic (exact) mass is 531 g/mol. The maximum atomic E-state index is 13.4. The summed E-state index contributed by atoms with van der Waals surface area (Å²) in [6.07, 6.45) is 2.04. The van der Waals surface area contributed by atoms with Crippen molar-refractivity contribution in [3.05, 3.63) is 93.3 Å². The van der Waals surface area contributed by atoms with Gasteiger partial charge in [0, 0.05) is 38.3 Å². The van der Waals surface area contributed by atoms with Gasteiger partial charge in [-0.2, -0.15) is 5.10 Å². The lowest BCUT2D eigenvalue weighted by Gasteiger charge is -2.29. The number of nitro groups is 1. The van der Waals surface area contributed by atoms with Crippen molar-refractivity contribution in [2.75, 3.05) is 39.4 Å². The lowest BCUT2D eigenvalue weighted by atomic mass is 9.95. The van der Waals surface area contributed by atoms with E-state index in [0.29, 0.717) is 43.0 Å². The zero-order valence-corrected chi connectivity index (χ0v) is 21.5. The van der Waals surface area contributed by atoms with E-state index in [4.69, 9.17) is 4.74 Å². The molecule has 0 radical (unpaired) electrons. The van der Waals surface area contributed by atoms with Crippen LogP contribution >= 0.6 is 0 Å². The van der Waals surface area contributed by atoms with Crippen LogP contribution in [0.4, 0.5) is 5.69 Å². The number of ether oxygens (including phenoxy) is 1. The number of nitro benzene ring substituents is 1. The Balaban J connectivity index is 1.54. The van der Waals surface area contributed by atoms with Crippen molar-refractivity contribution in [2.24, 2.45) is 0 Å². The third kappa shape index (κ3) is 5.18. The van der Waals surface area contributed by atoms with E-state index < -0.39 is 22.7 Å². The summed E-state index contributed by atoms with van der Waals surface area (Å²) in [5.41, 5.74) is 1.76. The number of benzene rings is 2. The third-order valence-electron chi connectivity index (χ3n) is 7.18. The number of hydrogen-bond acceptors (Lipinski definition) is 8. The number of aliphatic hydroxyl groups is 1. The molecule has 0 unspecified atom stereocenters. The number of hydrogen-bond donors (Lipinski definition) is 1. The lowest BCUT2D eigenvalue weighted by Crippen LogP contribution is -2.39. The van der Waals surface area contributed by atoms with E-state index in [-0.39, 0.29) is 23.6 Å². The maximum absolute atomic E-state index is 13.4. The van der Waals surface area contributed by atoms with E-state index >= 15 is 0 Å². The highest BCUT2D eigenvalue weighted by molar-refractivity contribution is 6.46. The van der Waals surface area contributed by atoms with Crippen LogP contribution in [0.2, 0.25) is 0 Å². The Morgan fingerprint density at radius 3 is 2.56 bits per heavy atom. The molecule has 2 saturated heterocycles. The van der Waals surface area contributed by atoms with Crippen LogP contribution in [0.1, 0.15) is 29.3 Å². The Bertz CT molecular complexity index is 1430. The Hall–Kier alpha value is -4.35. The molecule has 1 amide bonds. The van der Waals surface area contributed by atoms with Crippen molar-refractivity contribution in [3.63, 3.8) is 0 Å². The third-order valence-corrected chi connectivity index (χ3v) is 7.18. The fourth-order valence-corrected chi connectivity index (χ4v) is 5.17. The van der Waals surface area contributed by atoms with Crippen LogP contribution < -0.4 is 0 Å². The number of aromatic nitrogens is 2. The molecule has 0 spiro atoms. The normalized spacial score (nSPS) is 19.5. The number of nitrogens with zero attached hydrogens (tertiary/aromatic N) is 5. The second-order valence-corrected chi connectivity index (χ2v) is 9.54. The molecule has 2 fully saturated rings. The molecule has 0 bridgehead atoms. The number of carbonyl (C=O) groups is 2. The van der Waals surface area contributed by atoms with Gasteiger partial charge < -0.3 is 14.7 Å². The number of amides is 1. The molecule has 11 nitrogen and oxygen atoms in total. The minimum atomic E-state index is -0.978. The first-order chi connectivity index (χ1) is 18.9. The van der Waals surface area contributed by atoms with Crippen LogP contribution in [-0.4, -0.2) is 80.7 Å². The molecule has 2 aromatic carbocycles. The Morgan fingerprint density at radius 1 is 1.10 bits per heavy atom. The summed E-state index contributed by atoms with van der Waals surface area (Å²) in [5, 5.41) is 27.4. The molecular formula is C28H29N5O6. The number of non-ortho nitro benzene ring substituents is 1. The van der Waals surface area contributed by atoms with Gasteiger partial charge in [0.25, 0.3) is 17.4 Å². The number of carbonyl (C=O) groups excluding carboxylic acids is 2. The minimum Gasteiger partial charge on any atom is -0.507 e. The summed E-state index contributed by atoms with van der Waals surface area (Å²) in [6, 6.07) is 14.2. The number of morpholine rings is 1. The minimum absolute atomic E-state index is 0.109. The van der Waals surface area contributed by atoms with Gasteiger partial charge in [0.2, 0.25) is 0 Å². The lowest BCUT2D eigenvalue weighted by molar-refractivity contribution is -0.384. The second kappa shape index (κ2) is 11.2. The summed E-state index contributed by atoms with van der Waals surface area (Å²) in [5.74, 6) is -1.94. The van der Waals surface area contributed by atoms with Crippen LogP contribution in [-0.2, 0) is 14.3 Å². The molecule has 3 heterocycles. The van der Waals surface area contributed by atoms with Crippen molar-refractivity contribution in [3.8, 4) is 5.69 Å². The average molecular weight is 532 g/mol. The van der Waals surface area contributed by atoms with Gasteiger partial charge >= 0.3 is 0 Å². The number of ketones is 1. The predicted molar refractivity (Wildman–Crippen MR) is 142 cm³/mol. The van der Waals surface area contributed by atoms with Crippen LogP contribution in [0, 0.1) is 17.0 Å². The molecule has 0 saturated carbocycles. The maximum Gasteiger partial charge on any atom is 0.295 e. The van der Waals surface area contributed by atoms with Crippen LogP contribution in [0.3, 0.4) is 0 Å². The Labute approximate surface area is 225 Å². The van der Waals surface area contributed by atoms with Gasteiger partial charge in [0.1, 0.15) is 5.76 Å². The van der Waals surface area contributed by atoms with Gasteiger partial charge in [-0.25, -0.2) is 4.68 Å². The van der Waals surface area contributed by atoms with Gasteiger partial charge in [-0.15, -0.1) is 0 Å². The molecule has 1 N–H and O–H groups in total. The van der Waals surface area contributed by atoms with E-state index in [1.54, 1.807) is 17.7 Å². The fourth-order valence-electron chi connectivity index (χ4n) is 5.17. The highest BCUT2D eigenvalue weighted by Gasteiger charge is 2.46. The molecular weight excluding hydrogens is 502 g/mol. The van der Waals surface area contributed by atoms with Gasteiger partial charge in [-0.3, -0.25) is 24.6 Å². The van der Waals surface area contributed by atoms with Crippen LogP contribution in [0.5, 0.6) is 0 Å². The molecule has 1 atom stereocenters. The number of aliphatic hydroxyl groups excluding tert-OH is 1. The first kappa shape index (κ1) is 26.3. The summed E-state index contributed by atoms with van der Waals surface area (Å²) >= 11 is 0. The average Bonchev–Trinajstić information content (AvgIpc) is 3.46. The fraction of sp³-hybridized carbons (Fsp3) is 0.321. The van der Waals surface area contributed by atoms with Crippen molar-refractivity contribution in [1.29, 1.82) is 0 Å². The predicted octanol–water partition coefficient (Wildman–Crippen LogP) is 3.23. The van der Waals surface area contributed by atoms with Crippen molar-refractivity contribution in [1.82, 2.24) is 19.6 Å². The van der Waals surface area contributed by atoms with Crippen molar-refractivity contribution < 1.29 is 24.4 Å². The summed E-state index contributed by atoms with van der Waals surface area (Å²) < 4.78 is 7.03. The summed E-state index contributed by atoms with van der Waals surface area (Å²) in [6.45, 7) is 5.58. The number of rotatable bonds is 8. The summed E-state index contributed by atoms with van der Waals surface area (Å²) in [7, 11) is 0. The van der Waals surface area contributed by atoms with Crippen LogP contribution in [0.25, 0.3) is 11.4 Å². The van der Waals surface area contributed by atoms with E-state index in [9.17, 15) is 24.8 Å². The zero-order chi connectivity index (χ0) is 27.5. The molecule has 5 rings (SSSR count). The van der Waals surface area contributed by atoms with E-state index in [1.807, 2.05) is 30.3 Å². The molecule has 1 aromatic heterocycles. The second-order valence-electron chi connectivity index (χ2n) is 9.54. The molecule has 202 valence electrons. The topological polar surface area (TPSA) is 131 Å².